The monoisotopic (exact) mass is 311 g/mol. The van der Waals surface area contributed by atoms with Crippen LogP contribution in [0.3, 0.4) is 0 Å². The van der Waals surface area contributed by atoms with Crippen LogP contribution in [0.15, 0.2) is 53.4 Å². The number of sulfone groups is 1. The van der Waals surface area contributed by atoms with Crippen LogP contribution in [0.25, 0.3) is 22.2 Å². The molecule has 0 amide bonds. The Morgan fingerprint density at radius 2 is 1.91 bits per heavy atom. The van der Waals surface area contributed by atoms with Gasteiger partial charge in [0.1, 0.15) is 12.4 Å². The molecule has 1 aliphatic rings. The van der Waals surface area contributed by atoms with Crippen LogP contribution in [0.4, 0.5) is 0 Å². The van der Waals surface area contributed by atoms with E-state index >= 15 is 0 Å². The van der Waals surface area contributed by atoms with E-state index in [1.165, 1.54) is 6.26 Å². The predicted molar refractivity (Wildman–Crippen MR) is 84.6 cm³/mol. The summed E-state index contributed by atoms with van der Waals surface area (Å²) in [5.41, 5.74) is 3.01. The Bertz CT molecular complexity index is 1010. The summed E-state index contributed by atoms with van der Waals surface area (Å²) in [4.78, 5) is 4.94. The smallest absolute Gasteiger partial charge is 0.176 e. The molecule has 0 spiro atoms. The molecule has 0 unspecified atom stereocenters. The summed E-state index contributed by atoms with van der Waals surface area (Å²) in [6.07, 6.45) is 1.21. The Labute approximate surface area is 128 Å². The van der Waals surface area contributed by atoms with Gasteiger partial charge in [0.15, 0.2) is 9.84 Å². The van der Waals surface area contributed by atoms with Crippen molar-refractivity contribution < 1.29 is 13.2 Å². The minimum atomic E-state index is -3.36. The van der Waals surface area contributed by atoms with Gasteiger partial charge in [-0.05, 0) is 24.3 Å². The molecule has 2 aromatic carbocycles. The molecule has 1 aliphatic heterocycles. The van der Waals surface area contributed by atoms with Crippen LogP contribution in [-0.4, -0.2) is 19.7 Å². The van der Waals surface area contributed by atoms with E-state index in [2.05, 4.69) is 4.98 Å². The lowest BCUT2D eigenvalue weighted by Crippen LogP contribution is -2.11. The molecule has 4 rings (SSSR count). The number of rotatable bonds is 1. The number of hydrogen-bond acceptors (Lipinski definition) is 4. The van der Waals surface area contributed by atoms with Gasteiger partial charge in [0, 0.05) is 17.2 Å². The minimum Gasteiger partial charge on any atom is -0.488 e. The molecule has 3 aromatic rings. The van der Waals surface area contributed by atoms with Gasteiger partial charge in [-0.2, -0.15) is 0 Å². The molecule has 110 valence electrons. The Kier molecular flexibility index (Phi) is 2.74. The molecular formula is C17H13NO3S. The Balaban J connectivity index is 2.10. The quantitative estimate of drug-likeness (QED) is 0.692. The van der Waals surface area contributed by atoms with Crippen molar-refractivity contribution in [3.05, 3.63) is 54.1 Å². The van der Waals surface area contributed by atoms with Crippen molar-refractivity contribution >= 4 is 20.7 Å². The van der Waals surface area contributed by atoms with Crippen LogP contribution in [-0.2, 0) is 16.4 Å². The minimum absolute atomic E-state index is 0.258. The van der Waals surface area contributed by atoms with Crippen LogP contribution in [0.2, 0.25) is 0 Å². The summed E-state index contributed by atoms with van der Waals surface area (Å²) in [6.45, 7) is 0.396. The SMILES string of the molecule is CS(=O)(=O)c1cccc2c1-c1nc3ccccc3cc1CO2. The van der Waals surface area contributed by atoms with Crippen LogP contribution in [0.1, 0.15) is 5.56 Å². The zero-order valence-electron chi connectivity index (χ0n) is 11.9. The Hall–Kier alpha value is -2.40. The van der Waals surface area contributed by atoms with Crippen LogP contribution < -0.4 is 4.74 Å². The number of nitrogens with zero attached hydrogens (tertiary/aromatic N) is 1. The molecule has 22 heavy (non-hydrogen) atoms. The van der Waals surface area contributed by atoms with Crippen molar-refractivity contribution in [2.24, 2.45) is 0 Å². The highest BCUT2D eigenvalue weighted by atomic mass is 32.2. The normalized spacial score (nSPS) is 13.3. The summed E-state index contributed by atoms with van der Waals surface area (Å²) in [7, 11) is -3.36. The number of aromatic nitrogens is 1. The third-order valence-electron chi connectivity index (χ3n) is 3.81. The first-order chi connectivity index (χ1) is 10.5. The van der Waals surface area contributed by atoms with Gasteiger partial charge < -0.3 is 4.74 Å². The molecular weight excluding hydrogens is 298 g/mol. The van der Waals surface area contributed by atoms with E-state index < -0.39 is 9.84 Å². The lowest BCUT2D eigenvalue weighted by molar-refractivity contribution is 0.301. The number of benzene rings is 2. The van der Waals surface area contributed by atoms with E-state index in [0.717, 1.165) is 16.5 Å². The van der Waals surface area contributed by atoms with E-state index in [1.807, 2.05) is 30.3 Å². The predicted octanol–water partition coefficient (Wildman–Crippen LogP) is 3.20. The van der Waals surface area contributed by atoms with Crippen molar-refractivity contribution in [2.75, 3.05) is 6.26 Å². The summed E-state index contributed by atoms with van der Waals surface area (Å²) >= 11 is 0. The number of pyridine rings is 1. The molecule has 1 aromatic heterocycles. The number of hydrogen-bond donors (Lipinski definition) is 0. The van der Waals surface area contributed by atoms with E-state index in [9.17, 15) is 8.42 Å². The zero-order chi connectivity index (χ0) is 15.3. The maximum Gasteiger partial charge on any atom is 0.176 e. The fraction of sp³-hybridized carbons (Fsp3) is 0.118. The summed E-state index contributed by atoms with van der Waals surface area (Å²) < 4.78 is 29.9. The third kappa shape index (κ3) is 1.97. The lowest BCUT2D eigenvalue weighted by atomic mass is 10.0. The van der Waals surface area contributed by atoms with Gasteiger partial charge in [-0.25, -0.2) is 13.4 Å². The number of fused-ring (bicyclic) bond motifs is 4. The second kappa shape index (κ2) is 4.55. The molecule has 0 radical (unpaired) electrons. The fourth-order valence-electron chi connectivity index (χ4n) is 2.82. The maximum absolute atomic E-state index is 12.1. The van der Waals surface area contributed by atoms with Crippen LogP contribution >= 0.6 is 0 Å². The highest BCUT2D eigenvalue weighted by Crippen LogP contribution is 2.41. The highest BCUT2D eigenvalue weighted by molar-refractivity contribution is 7.90. The number of ether oxygens (including phenoxy) is 1. The second-order valence-electron chi connectivity index (χ2n) is 5.38. The van der Waals surface area contributed by atoms with Gasteiger partial charge in [0.2, 0.25) is 0 Å². The summed E-state index contributed by atoms with van der Waals surface area (Å²) in [6, 6.07) is 14.9. The lowest BCUT2D eigenvalue weighted by Gasteiger charge is -2.22. The first kappa shape index (κ1) is 13.3. The van der Waals surface area contributed by atoms with Gasteiger partial charge >= 0.3 is 0 Å². The number of para-hydroxylation sites is 1. The zero-order valence-corrected chi connectivity index (χ0v) is 12.7. The molecule has 4 nitrogen and oxygen atoms in total. The molecule has 5 heteroatoms. The van der Waals surface area contributed by atoms with E-state index in [0.29, 0.717) is 23.6 Å². The van der Waals surface area contributed by atoms with E-state index in [-0.39, 0.29) is 4.90 Å². The Morgan fingerprint density at radius 3 is 2.73 bits per heavy atom. The van der Waals surface area contributed by atoms with Crippen molar-refractivity contribution in [2.45, 2.75) is 11.5 Å². The van der Waals surface area contributed by atoms with Crippen molar-refractivity contribution in [3.63, 3.8) is 0 Å². The molecule has 0 N–H and O–H groups in total. The largest absolute Gasteiger partial charge is 0.488 e. The maximum atomic E-state index is 12.1. The summed E-state index contributed by atoms with van der Waals surface area (Å²) in [5.74, 6) is 0.568. The topological polar surface area (TPSA) is 56.3 Å². The molecule has 0 fully saturated rings. The average molecular weight is 311 g/mol. The van der Waals surface area contributed by atoms with Crippen molar-refractivity contribution in [1.82, 2.24) is 4.98 Å². The van der Waals surface area contributed by atoms with E-state index in [1.54, 1.807) is 18.2 Å². The van der Waals surface area contributed by atoms with Crippen LogP contribution in [0, 0.1) is 0 Å². The van der Waals surface area contributed by atoms with Gasteiger partial charge in [0.25, 0.3) is 0 Å². The van der Waals surface area contributed by atoms with Gasteiger partial charge in [-0.3, -0.25) is 0 Å². The first-order valence-corrected chi connectivity index (χ1v) is 8.78. The standard InChI is InChI=1S/C17H13NO3S/c1-22(19,20)15-8-4-7-14-16(15)17-12(10-21-14)9-11-5-2-3-6-13(11)18-17/h2-9H,10H2,1H3. The average Bonchev–Trinajstić information content (AvgIpc) is 2.51. The van der Waals surface area contributed by atoms with Gasteiger partial charge in [-0.1, -0.05) is 24.3 Å². The molecule has 0 bridgehead atoms. The molecule has 0 aliphatic carbocycles. The highest BCUT2D eigenvalue weighted by Gasteiger charge is 2.26. The van der Waals surface area contributed by atoms with Gasteiger partial charge in [-0.15, -0.1) is 0 Å². The van der Waals surface area contributed by atoms with Crippen molar-refractivity contribution in [3.8, 4) is 17.0 Å². The molecule has 0 saturated carbocycles. The molecule has 0 atom stereocenters. The molecule has 0 saturated heterocycles. The first-order valence-electron chi connectivity index (χ1n) is 6.89. The molecule has 2 heterocycles. The second-order valence-corrected chi connectivity index (χ2v) is 7.36. The van der Waals surface area contributed by atoms with Gasteiger partial charge in [0.05, 0.1) is 21.7 Å². The fourth-order valence-corrected chi connectivity index (χ4v) is 3.71. The van der Waals surface area contributed by atoms with Crippen LogP contribution in [0.5, 0.6) is 5.75 Å². The Morgan fingerprint density at radius 1 is 1.09 bits per heavy atom. The van der Waals surface area contributed by atoms with E-state index in [4.69, 9.17) is 4.74 Å². The third-order valence-corrected chi connectivity index (χ3v) is 4.95. The van der Waals surface area contributed by atoms with Crippen molar-refractivity contribution in [1.29, 1.82) is 0 Å². The summed E-state index contributed by atoms with van der Waals surface area (Å²) in [5, 5.41) is 1.02.